The Morgan fingerprint density at radius 2 is 1.89 bits per heavy atom. The topological polar surface area (TPSA) is 54.9 Å². The van der Waals surface area contributed by atoms with Crippen molar-refractivity contribution < 1.29 is 9.18 Å². The SMILES string of the molecule is Cc1ncc(F)nc1C(C(=O)NCc1ccccc1)C1C=Cc2ccccc21. The summed E-state index contributed by atoms with van der Waals surface area (Å²) in [6.45, 7) is 2.15. The quantitative estimate of drug-likeness (QED) is 0.731. The molecule has 5 heteroatoms. The Balaban J connectivity index is 1.69. The Morgan fingerprint density at radius 1 is 1.14 bits per heavy atom. The second-order valence-corrected chi connectivity index (χ2v) is 6.86. The molecule has 2 atom stereocenters. The van der Waals surface area contributed by atoms with Crippen molar-refractivity contribution in [2.45, 2.75) is 25.3 Å². The van der Waals surface area contributed by atoms with E-state index in [2.05, 4.69) is 15.3 Å². The van der Waals surface area contributed by atoms with Gasteiger partial charge in [-0.25, -0.2) is 4.98 Å². The van der Waals surface area contributed by atoms with Crippen LogP contribution in [0.5, 0.6) is 0 Å². The van der Waals surface area contributed by atoms with Crippen molar-refractivity contribution in [3.8, 4) is 0 Å². The molecule has 1 aliphatic carbocycles. The van der Waals surface area contributed by atoms with Crippen molar-refractivity contribution >= 4 is 12.0 Å². The fourth-order valence-corrected chi connectivity index (χ4v) is 3.66. The summed E-state index contributed by atoms with van der Waals surface area (Å²) in [4.78, 5) is 21.4. The van der Waals surface area contributed by atoms with E-state index in [0.29, 0.717) is 17.9 Å². The molecule has 1 amide bonds. The highest BCUT2D eigenvalue weighted by atomic mass is 19.1. The van der Waals surface area contributed by atoms with Gasteiger partial charge in [0.25, 0.3) is 0 Å². The molecule has 1 N–H and O–H groups in total. The van der Waals surface area contributed by atoms with Crippen LogP contribution in [-0.4, -0.2) is 15.9 Å². The number of nitrogens with zero attached hydrogens (tertiary/aromatic N) is 2. The van der Waals surface area contributed by atoms with E-state index in [1.807, 2.05) is 66.7 Å². The van der Waals surface area contributed by atoms with Crippen molar-refractivity contribution in [1.82, 2.24) is 15.3 Å². The van der Waals surface area contributed by atoms with E-state index >= 15 is 0 Å². The maximum absolute atomic E-state index is 13.9. The Hall–Kier alpha value is -3.34. The lowest BCUT2D eigenvalue weighted by Crippen LogP contribution is -2.33. The van der Waals surface area contributed by atoms with E-state index in [1.165, 1.54) is 0 Å². The molecule has 1 aromatic heterocycles. The Bertz CT molecular complexity index is 1030. The number of carbonyl (C=O) groups is 1. The molecular formula is C23H20FN3O. The van der Waals surface area contributed by atoms with E-state index in [9.17, 15) is 9.18 Å². The van der Waals surface area contributed by atoms with Gasteiger partial charge in [-0.3, -0.25) is 9.78 Å². The van der Waals surface area contributed by atoms with Gasteiger partial charge in [0.05, 0.1) is 23.5 Å². The molecule has 140 valence electrons. The number of aromatic nitrogens is 2. The van der Waals surface area contributed by atoms with Crippen LogP contribution < -0.4 is 5.32 Å². The highest BCUT2D eigenvalue weighted by Crippen LogP contribution is 2.40. The number of hydrogen-bond donors (Lipinski definition) is 1. The molecule has 2 unspecified atom stereocenters. The van der Waals surface area contributed by atoms with Crippen molar-refractivity contribution in [3.63, 3.8) is 0 Å². The lowest BCUT2D eigenvalue weighted by molar-refractivity contribution is -0.123. The Morgan fingerprint density at radius 3 is 2.71 bits per heavy atom. The highest BCUT2D eigenvalue weighted by Gasteiger charge is 2.35. The van der Waals surface area contributed by atoms with Gasteiger partial charge in [0, 0.05) is 12.5 Å². The van der Waals surface area contributed by atoms with E-state index in [-0.39, 0.29) is 11.8 Å². The van der Waals surface area contributed by atoms with Gasteiger partial charge in [-0.05, 0) is 23.6 Å². The van der Waals surface area contributed by atoms with Crippen LogP contribution in [-0.2, 0) is 11.3 Å². The summed E-state index contributed by atoms with van der Waals surface area (Å²) in [6.07, 6.45) is 5.07. The summed E-state index contributed by atoms with van der Waals surface area (Å²) in [5.74, 6) is -1.76. The fraction of sp³-hybridized carbons (Fsp3) is 0.174. The summed E-state index contributed by atoms with van der Waals surface area (Å²) in [6, 6.07) is 17.6. The third-order valence-electron chi connectivity index (χ3n) is 5.05. The summed E-state index contributed by atoms with van der Waals surface area (Å²) < 4.78 is 13.9. The Kier molecular flexibility index (Phi) is 4.98. The molecular weight excluding hydrogens is 353 g/mol. The lowest BCUT2D eigenvalue weighted by atomic mass is 9.83. The van der Waals surface area contributed by atoms with Gasteiger partial charge in [-0.1, -0.05) is 66.7 Å². The van der Waals surface area contributed by atoms with Gasteiger partial charge in [0.15, 0.2) is 0 Å². The smallest absolute Gasteiger partial charge is 0.231 e. The molecule has 0 saturated carbocycles. The average molecular weight is 373 g/mol. The number of rotatable bonds is 5. The highest BCUT2D eigenvalue weighted by molar-refractivity contribution is 5.86. The van der Waals surface area contributed by atoms with Crippen LogP contribution in [0.2, 0.25) is 0 Å². The van der Waals surface area contributed by atoms with Crippen LogP contribution in [0, 0.1) is 12.9 Å². The van der Waals surface area contributed by atoms with Crippen LogP contribution in [0.3, 0.4) is 0 Å². The number of aryl methyl sites for hydroxylation is 1. The summed E-state index contributed by atoms with van der Waals surface area (Å²) >= 11 is 0. The summed E-state index contributed by atoms with van der Waals surface area (Å²) in [5, 5.41) is 2.99. The molecule has 4 nitrogen and oxygen atoms in total. The number of benzene rings is 2. The summed E-state index contributed by atoms with van der Waals surface area (Å²) in [7, 11) is 0. The number of hydrogen-bond acceptors (Lipinski definition) is 3. The molecule has 1 aliphatic rings. The first kappa shape index (κ1) is 18.0. The van der Waals surface area contributed by atoms with E-state index in [0.717, 1.165) is 22.9 Å². The second kappa shape index (κ2) is 7.72. The zero-order chi connectivity index (χ0) is 19.5. The van der Waals surface area contributed by atoms with Crippen LogP contribution in [0.4, 0.5) is 4.39 Å². The number of amides is 1. The summed E-state index contributed by atoms with van der Waals surface area (Å²) in [5.41, 5.74) is 4.03. The van der Waals surface area contributed by atoms with Gasteiger partial charge in [-0.2, -0.15) is 4.39 Å². The van der Waals surface area contributed by atoms with Crippen molar-refractivity contribution in [3.05, 3.63) is 101 Å². The van der Waals surface area contributed by atoms with Gasteiger partial charge in [0.2, 0.25) is 11.9 Å². The normalized spacial score (nSPS) is 15.9. The van der Waals surface area contributed by atoms with Crippen LogP contribution in [0.25, 0.3) is 6.08 Å². The minimum atomic E-state index is -0.684. The Labute approximate surface area is 163 Å². The van der Waals surface area contributed by atoms with Crippen LogP contribution in [0.1, 0.15) is 39.9 Å². The first-order valence-electron chi connectivity index (χ1n) is 9.21. The molecule has 1 heterocycles. The molecule has 3 aromatic rings. The molecule has 2 aromatic carbocycles. The zero-order valence-corrected chi connectivity index (χ0v) is 15.5. The first-order chi connectivity index (χ1) is 13.6. The largest absolute Gasteiger partial charge is 0.351 e. The van der Waals surface area contributed by atoms with Crippen LogP contribution >= 0.6 is 0 Å². The van der Waals surface area contributed by atoms with Crippen molar-refractivity contribution in [1.29, 1.82) is 0 Å². The van der Waals surface area contributed by atoms with E-state index in [4.69, 9.17) is 0 Å². The maximum atomic E-state index is 13.9. The predicted octanol–water partition coefficient (Wildman–Crippen LogP) is 4.13. The molecule has 0 radical (unpaired) electrons. The molecule has 4 rings (SSSR count). The molecule has 0 bridgehead atoms. The number of carbonyl (C=O) groups excluding carboxylic acids is 1. The van der Waals surface area contributed by atoms with E-state index in [1.54, 1.807) is 6.92 Å². The molecule has 0 saturated heterocycles. The predicted molar refractivity (Wildman–Crippen MR) is 106 cm³/mol. The standard InChI is InChI=1S/C23H20FN3O/c1-15-22(27-20(24)14-25-15)21(19-12-11-17-9-5-6-10-18(17)19)23(28)26-13-16-7-3-2-4-8-16/h2-12,14,19,21H,13H2,1H3,(H,26,28). The van der Waals surface area contributed by atoms with Gasteiger partial charge >= 0.3 is 0 Å². The second-order valence-electron chi connectivity index (χ2n) is 6.86. The lowest BCUT2D eigenvalue weighted by Gasteiger charge is -2.23. The average Bonchev–Trinajstić information content (AvgIpc) is 3.14. The minimum absolute atomic E-state index is 0.196. The van der Waals surface area contributed by atoms with Gasteiger partial charge < -0.3 is 5.32 Å². The fourth-order valence-electron chi connectivity index (χ4n) is 3.66. The minimum Gasteiger partial charge on any atom is -0.351 e. The number of nitrogens with one attached hydrogen (secondary N) is 1. The molecule has 0 aliphatic heterocycles. The van der Waals surface area contributed by atoms with Gasteiger partial charge in [0.1, 0.15) is 0 Å². The molecule has 0 fully saturated rings. The van der Waals surface area contributed by atoms with Crippen molar-refractivity contribution in [2.24, 2.45) is 0 Å². The maximum Gasteiger partial charge on any atom is 0.231 e. The number of fused-ring (bicyclic) bond motifs is 1. The monoisotopic (exact) mass is 373 g/mol. The van der Waals surface area contributed by atoms with Gasteiger partial charge in [-0.15, -0.1) is 0 Å². The number of allylic oxidation sites excluding steroid dienone is 1. The van der Waals surface area contributed by atoms with E-state index < -0.39 is 11.9 Å². The zero-order valence-electron chi connectivity index (χ0n) is 15.5. The third kappa shape index (κ3) is 3.56. The molecule has 28 heavy (non-hydrogen) atoms. The number of halogens is 1. The first-order valence-corrected chi connectivity index (χ1v) is 9.21. The van der Waals surface area contributed by atoms with Crippen molar-refractivity contribution in [2.75, 3.05) is 0 Å². The molecule has 0 spiro atoms. The third-order valence-corrected chi connectivity index (χ3v) is 5.05. The van der Waals surface area contributed by atoms with Crippen LogP contribution in [0.15, 0.2) is 66.9 Å².